The monoisotopic (exact) mass is 292 g/mol. The van der Waals surface area contributed by atoms with E-state index >= 15 is 0 Å². The van der Waals surface area contributed by atoms with E-state index < -0.39 is 0 Å². The van der Waals surface area contributed by atoms with Gasteiger partial charge in [-0.25, -0.2) is 4.58 Å². The van der Waals surface area contributed by atoms with Gasteiger partial charge < -0.3 is 0 Å². The molecular weight excluding hydrogens is 266 g/mol. The Morgan fingerprint density at radius 1 is 0.955 bits per heavy atom. The van der Waals surface area contributed by atoms with Crippen LogP contribution in [0.25, 0.3) is 11.1 Å². The number of allylic oxidation sites excluding steroid dienone is 1. The van der Waals surface area contributed by atoms with Crippen LogP contribution in [0.1, 0.15) is 32.8 Å². The molecular formula is C21H26N+. The van der Waals surface area contributed by atoms with Crippen molar-refractivity contribution in [3.8, 4) is 11.1 Å². The minimum Gasteiger partial charge on any atom is -0.201 e. The number of benzene rings is 2. The highest BCUT2D eigenvalue weighted by molar-refractivity contribution is 5.66. The van der Waals surface area contributed by atoms with E-state index in [1.54, 1.807) is 0 Å². The van der Waals surface area contributed by atoms with Crippen LogP contribution >= 0.6 is 0 Å². The zero-order valence-electron chi connectivity index (χ0n) is 14.2. The first-order valence-electron chi connectivity index (χ1n) is 7.92. The van der Waals surface area contributed by atoms with E-state index in [9.17, 15) is 0 Å². The lowest BCUT2D eigenvalue weighted by Crippen LogP contribution is -2.08. The zero-order chi connectivity index (χ0) is 16.1. The Labute approximate surface area is 134 Å². The molecule has 0 aliphatic rings. The third-order valence-electron chi connectivity index (χ3n) is 4.33. The second-order valence-corrected chi connectivity index (χ2v) is 5.98. The van der Waals surface area contributed by atoms with Gasteiger partial charge in [0.2, 0.25) is 5.69 Å². The van der Waals surface area contributed by atoms with Crippen LogP contribution in [0.15, 0.2) is 59.7 Å². The van der Waals surface area contributed by atoms with Crippen molar-refractivity contribution in [2.24, 2.45) is 0 Å². The highest BCUT2D eigenvalue weighted by atomic mass is 15.0. The first-order chi connectivity index (χ1) is 10.5. The SMILES string of the molecule is C=[N+](C/C(C)=C(\C)CC)c1ccc(-c2ccccc2)cc1C. The predicted octanol–water partition coefficient (Wildman–Crippen LogP) is 5.75. The number of hydrogen-bond acceptors (Lipinski definition) is 0. The quantitative estimate of drug-likeness (QED) is 0.375. The summed E-state index contributed by atoms with van der Waals surface area (Å²) in [5.74, 6) is 0. The van der Waals surface area contributed by atoms with Crippen molar-refractivity contribution in [1.29, 1.82) is 0 Å². The number of aryl methyl sites for hydroxylation is 1. The number of hydrogen-bond donors (Lipinski definition) is 0. The summed E-state index contributed by atoms with van der Waals surface area (Å²) >= 11 is 0. The van der Waals surface area contributed by atoms with Crippen LogP contribution in [0, 0.1) is 6.92 Å². The minimum atomic E-state index is 0.880. The van der Waals surface area contributed by atoms with Gasteiger partial charge in [-0.3, -0.25) is 0 Å². The predicted molar refractivity (Wildman–Crippen MR) is 97.2 cm³/mol. The maximum absolute atomic E-state index is 4.23. The van der Waals surface area contributed by atoms with E-state index in [4.69, 9.17) is 0 Å². The van der Waals surface area contributed by atoms with Gasteiger partial charge in [0, 0.05) is 11.6 Å². The van der Waals surface area contributed by atoms with Gasteiger partial charge in [-0.15, -0.1) is 0 Å². The summed E-state index contributed by atoms with van der Waals surface area (Å²) in [6.45, 7) is 13.9. The van der Waals surface area contributed by atoms with Gasteiger partial charge in [0.1, 0.15) is 6.72 Å². The third kappa shape index (κ3) is 3.73. The Kier molecular flexibility index (Phi) is 5.32. The van der Waals surface area contributed by atoms with Crippen molar-refractivity contribution in [1.82, 2.24) is 0 Å². The van der Waals surface area contributed by atoms with E-state index in [0.717, 1.165) is 13.0 Å². The van der Waals surface area contributed by atoms with Gasteiger partial charge in [-0.05, 0) is 56.0 Å². The third-order valence-corrected chi connectivity index (χ3v) is 4.33. The number of nitrogens with zero attached hydrogens (tertiary/aromatic N) is 1. The Bertz CT molecular complexity index is 693. The van der Waals surface area contributed by atoms with Crippen LogP contribution in [0.3, 0.4) is 0 Å². The molecule has 0 fully saturated rings. The second kappa shape index (κ2) is 7.22. The van der Waals surface area contributed by atoms with Crippen molar-refractivity contribution < 1.29 is 4.58 Å². The van der Waals surface area contributed by atoms with Crippen molar-refractivity contribution in [2.45, 2.75) is 34.1 Å². The smallest absolute Gasteiger partial charge is 0.201 e. The largest absolute Gasteiger partial charge is 0.207 e. The van der Waals surface area contributed by atoms with Gasteiger partial charge in [0.25, 0.3) is 0 Å². The molecule has 0 atom stereocenters. The lowest BCUT2D eigenvalue weighted by Gasteiger charge is -2.09. The molecule has 0 aliphatic carbocycles. The van der Waals surface area contributed by atoms with Crippen LogP contribution in [-0.2, 0) is 0 Å². The molecule has 2 aromatic rings. The van der Waals surface area contributed by atoms with Crippen LogP contribution in [0.4, 0.5) is 5.69 Å². The summed E-state index contributed by atoms with van der Waals surface area (Å²) in [6, 6.07) is 17.1. The van der Waals surface area contributed by atoms with Gasteiger partial charge in [0.15, 0.2) is 6.54 Å². The molecule has 0 saturated heterocycles. The maximum Gasteiger partial charge on any atom is 0.207 e. The highest BCUT2D eigenvalue weighted by Gasteiger charge is 2.12. The fourth-order valence-electron chi connectivity index (χ4n) is 2.63. The lowest BCUT2D eigenvalue weighted by atomic mass is 10.0. The molecule has 0 unspecified atom stereocenters. The molecule has 0 aromatic heterocycles. The van der Waals surface area contributed by atoms with E-state index in [1.807, 2.05) is 6.07 Å². The van der Waals surface area contributed by atoms with E-state index in [2.05, 4.69) is 81.5 Å². The lowest BCUT2D eigenvalue weighted by molar-refractivity contribution is -0.422. The molecule has 0 radical (unpaired) electrons. The Balaban J connectivity index is 2.25. The standard InChI is InChI=1S/C21H26N/c1-6-16(2)18(4)15-22(5)21-13-12-20(14-17(21)3)19-10-8-7-9-11-19/h7-14H,5-6,15H2,1-4H3/q+1/b18-16+. The van der Waals surface area contributed by atoms with Crippen LogP contribution in [0.5, 0.6) is 0 Å². The Hall–Kier alpha value is -2.15. The first-order valence-corrected chi connectivity index (χ1v) is 7.92. The van der Waals surface area contributed by atoms with Crippen molar-refractivity contribution in [3.63, 3.8) is 0 Å². The van der Waals surface area contributed by atoms with E-state index in [0.29, 0.717) is 0 Å². The van der Waals surface area contributed by atoms with Gasteiger partial charge in [-0.1, -0.05) is 42.8 Å². The molecule has 0 bridgehead atoms. The normalized spacial score (nSPS) is 12.0. The van der Waals surface area contributed by atoms with Crippen LogP contribution in [-0.4, -0.2) is 17.8 Å². The highest BCUT2D eigenvalue weighted by Crippen LogP contribution is 2.26. The van der Waals surface area contributed by atoms with Gasteiger partial charge in [-0.2, -0.15) is 0 Å². The molecule has 2 aromatic carbocycles. The fourth-order valence-corrected chi connectivity index (χ4v) is 2.63. The molecule has 0 saturated carbocycles. The molecule has 0 heterocycles. The van der Waals surface area contributed by atoms with Gasteiger partial charge in [0.05, 0.1) is 0 Å². The van der Waals surface area contributed by atoms with Crippen molar-refractivity contribution >= 4 is 12.4 Å². The molecule has 22 heavy (non-hydrogen) atoms. The topological polar surface area (TPSA) is 3.01 Å². The van der Waals surface area contributed by atoms with Gasteiger partial charge >= 0.3 is 0 Å². The van der Waals surface area contributed by atoms with Crippen molar-refractivity contribution in [3.05, 3.63) is 65.2 Å². The average molecular weight is 292 g/mol. The zero-order valence-corrected chi connectivity index (χ0v) is 14.2. The maximum atomic E-state index is 4.23. The van der Waals surface area contributed by atoms with E-state index in [-0.39, 0.29) is 0 Å². The Morgan fingerprint density at radius 3 is 2.23 bits per heavy atom. The summed E-state index contributed by atoms with van der Waals surface area (Å²) in [4.78, 5) is 0. The van der Waals surface area contributed by atoms with Crippen LogP contribution < -0.4 is 0 Å². The summed E-state index contributed by atoms with van der Waals surface area (Å²) in [6.07, 6.45) is 1.10. The summed E-state index contributed by atoms with van der Waals surface area (Å²) < 4.78 is 2.10. The van der Waals surface area contributed by atoms with Crippen LogP contribution in [0.2, 0.25) is 0 Å². The molecule has 1 heteroatoms. The van der Waals surface area contributed by atoms with Crippen molar-refractivity contribution in [2.75, 3.05) is 6.54 Å². The molecule has 0 aliphatic heterocycles. The fraction of sp³-hybridized carbons (Fsp3) is 0.286. The first kappa shape index (κ1) is 16.2. The molecule has 114 valence electrons. The molecule has 0 N–H and O–H groups in total. The summed E-state index contributed by atoms with van der Waals surface area (Å²) in [5.41, 5.74) is 7.83. The summed E-state index contributed by atoms with van der Waals surface area (Å²) in [5, 5.41) is 0. The molecule has 2 rings (SSSR count). The van der Waals surface area contributed by atoms with E-state index in [1.165, 1.54) is 33.5 Å². The number of rotatable bonds is 5. The molecule has 0 spiro atoms. The molecule has 0 amide bonds. The Morgan fingerprint density at radius 2 is 1.64 bits per heavy atom. The minimum absolute atomic E-state index is 0.880. The average Bonchev–Trinajstić information content (AvgIpc) is 2.54. The second-order valence-electron chi connectivity index (χ2n) is 5.98. The molecule has 1 nitrogen and oxygen atoms in total. The summed E-state index contributed by atoms with van der Waals surface area (Å²) in [7, 11) is 0.